The van der Waals surface area contributed by atoms with Gasteiger partial charge in [0.25, 0.3) is 0 Å². The number of hydrogen-bond acceptors (Lipinski definition) is 2. The molecule has 1 aromatic carbocycles. The topological polar surface area (TPSA) is 49.4 Å². The van der Waals surface area contributed by atoms with Crippen LogP contribution in [0.25, 0.3) is 0 Å². The third-order valence-corrected chi connectivity index (χ3v) is 5.84. The lowest BCUT2D eigenvalue weighted by molar-refractivity contribution is -0.153. The fourth-order valence-electron chi connectivity index (χ4n) is 4.38. The third-order valence-electron chi connectivity index (χ3n) is 5.84. The quantitative estimate of drug-likeness (QED) is 0.925. The molecule has 3 aliphatic rings. The molecule has 0 aromatic heterocycles. The van der Waals surface area contributed by atoms with Gasteiger partial charge in [0.15, 0.2) is 0 Å². The maximum atomic E-state index is 13.1. The zero-order valence-corrected chi connectivity index (χ0v) is 14.1. The molecule has 3 fully saturated rings. The minimum Gasteiger partial charge on any atom is -0.342 e. The molecule has 2 unspecified atom stereocenters. The summed E-state index contributed by atoms with van der Waals surface area (Å²) >= 11 is 0. The van der Waals surface area contributed by atoms with E-state index in [0.29, 0.717) is 18.4 Å². The van der Waals surface area contributed by atoms with Gasteiger partial charge in [-0.05, 0) is 43.1 Å². The second-order valence-corrected chi connectivity index (χ2v) is 7.62. The van der Waals surface area contributed by atoms with E-state index in [1.54, 1.807) is 0 Å². The summed E-state index contributed by atoms with van der Waals surface area (Å²) in [7, 11) is 0. The van der Waals surface area contributed by atoms with E-state index in [4.69, 9.17) is 0 Å². The molecule has 2 atom stereocenters. The predicted octanol–water partition coefficient (Wildman–Crippen LogP) is 2.87. The molecule has 1 aliphatic heterocycles. The molecule has 1 aromatic rings. The van der Waals surface area contributed by atoms with Crippen LogP contribution in [-0.4, -0.2) is 28.8 Å². The third kappa shape index (κ3) is 3.06. The standard InChI is InChI=1S/C20H26N2O2/c23-19-18(16-9-5-2-6-10-16)22(13-14-7-3-1-4-8-14)20(24)17(21-19)15-11-12-15/h1,3-4,7-8,15-18H,2,5-6,9-13H2,(H,21,23). The summed E-state index contributed by atoms with van der Waals surface area (Å²) in [6.07, 6.45) is 7.84. The van der Waals surface area contributed by atoms with Gasteiger partial charge in [0.2, 0.25) is 11.8 Å². The number of rotatable bonds is 4. The Morgan fingerprint density at radius 2 is 1.62 bits per heavy atom. The number of nitrogens with one attached hydrogen (secondary N) is 1. The predicted molar refractivity (Wildman–Crippen MR) is 92.0 cm³/mol. The molecule has 128 valence electrons. The van der Waals surface area contributed by atoms with E-state index < -0.39 is 0 Å². The molecule has 1 heterocycles. The molecule has 4 nitrogen and oxygen atoms in total. The van der Waals surface area contributed by atoms with E-state index in [1.807, 2.05) is 35.2 Å². The largest absolute Gasteiger partial charge is 0.342 e. The second kappa shape index (κ2) is 6.58. The van der Waals surface area contributed by atoms with Crippen LogP contribution in [0.1, 0.15) is 50.5 Å². The van der Waals surface area contributed by atoms with Gasteiger partial charge in [-0.15, -0.1) is 0 Å². The van der Waals surface area contributed by atoms with Gasteiger partial charge in [0.05, 0.1) is 0 Å². The Kier molecular flexibility index (Phi) is 4.30. The van der Waals surface area contributed by atoms with Crippen molar-refractivity contribution in [3.63, 3.8) is 0 Å². The molecule has 1 N–H and O–H groups in total. The molecule has 2 aliphatic carbocycles. The minimum absolute atomic E-state index is 0.0781. The zero-order valence-electron chi connectivity index (χ0n) is 14.1. The van der Waals surface area contributed by atoms with Crippen molar-refractivity contribution in [3.8, 4) is 0 Å². The summed E-state index contributed by atoms with van der Waals surface area (Å²) in [6.45, 7) is 0.553. The maximum absolute atomic E-state index is 13.1. The van der Waals surface area contributed by atoms with Crippen molar-refractivity contribution >= 4 is 11.8 Å². The van der Waals surface area contributed by atoms with Crippen molar-refractivity contribution in [1.82, 2.24) is 10.2 Å². The molecular formula is C20H26N2O2. The molecule has 24 heavy (non-hydrogen) atoms. The van der Waals surface area contributed by atoms with E-state index in [2.05, 4.69) is 5.32 Å². The molecule has 0 bridgehead atoms. The van der Waals surface area contributed by atoms with E-state index >= 15 is 0 Å². The Labute approximate surface area is 143 Å². The number of hydrogen-bond donors (Lipinski definition) is 1. The second-order valence-electron chi connectivity index (χ2n) is 7.62. The van der Waals surface area contributed by atoms with Crippen LogP contribution in [-0.2, 0) is 16.1 Å². The molecular weight excluding hydrogens is 300 g/mol. The normalized spacial score (nSPS) is 28.8. The van der Waals surface area contributed by atoms with Crippen molar-refractivity contribution in [3.05, 3.63) is 35.9 Å². The fraction of sp³-hybridized carbons (Fsp3) is 0.600. The number of nitrogens with zero attached hydrogens (tertiary/aromatic N) is 1. The Bertz CT molecular complexity index is 605. The first kappa shape index (κ1) is 15.7. The van der Waals surface area contributed by atoms with Gasteiger partial charge in [0, 0.05) is 6.54 Å². The summed E-state index contributed by atoms with van der Waals surface area (Å²) in [5, 5.41) is 3.06. The molecule has 2 amide bonds. The first-order valence-electron chi connectivity index (χ1n) is 9.39. The van der Waals surface area contributed by atoms with Crippen LogP contribution in [0.2, 0.25) is 0 Å². The maximum Gasteiger partial charge on any atom is 0.246 e. The molecule has 0 spiro atoms. The van der Waals surface area contributed by atoms with E-state index in [9.17, 15) is 9.59 Å². The zero-order chi connectivity index (χ0) is 16.5. The number of benzene rings is 1. The number of carbonyl (C=O) groups is 2. The van der Waals surface area contributed by atoms with Crippen molar-refractivity contribution < 1.29 is 9.59 Å². The van der Waals surface area contributed by atoms with Gasteiger partial charge in [-0.1, -0.05) is 49.6 Å². The van der Waals surface area contributed by atoms with E-state index in [1.165, 1.54) is 19.3 Å². The fourth-order valence-corrected chi connectivity index (χ4v) is 4.38. The summed E-state index contributed by atoms with van der Waals surface area (Å²) in [5.74, 6) is 0.879. The Morgan fingerprint density at radius 1 is 0.917 bits per heavy atom. The van der Waals surface area contributed by atoms with Crippen molar-refractivity contribution in [2.45, 2.75) is 63.6 Å². The van der Waals surface area contributed by atoms with Crippen molar-refractivity contribution in [2.24, 2.45) is 11.8 Å². The molecule has 1 saturated heterocycles. The Balaban J connectivity index is 1.61. The number of piperazine rings is 1. The SMILES string of the molecule is O=C1NC(C2CC2)C(=O)N(Cc2ccccc2)C1C1CCCCC1. The first-order valence-corrected chi connectivity index (χ1v) is 9.39. The number of amides is 2. The van der Waals surface area contributed by atoms with Gasteiger partial charge in [0.1, 0.15) is 12.1 Å². The molecule has 4 rings (SSSR count). The lowest BCUT2D eigenvalue weighted by Gasteiger charge is -2.43. The highest BCUT2D eigenvalue weighted by molar-refractivity contribution is 5.97. The van der Waals surface area contributed by atoms with Crippen LogP contribution in [0.3, 0.4) is 0 Å². The summed E-state index contributed by atoms with van der Waals surface area (Å²) < 4.78 is 0. The van der Waals surface area contributed by atoms with Crippen LogP contribution in [0, 0.1) is 11.8 Å². The van der Waals surface area contributed by atoms with Gasteiger partial charge in [-0.25, -0.2) is 0 Å². The average Bonchev–Trinajstić information content (AvgIpc) is 3.45. The van der Waals surface area contributed by atoms with Crippen LogP contribution in [0.15, 0.2) is 30.3 Å². The molecule has 0 radical (unpaired) electrons. The van der Waals surface area contributed by atoms with Gasteiger partial charge < -0.3 is 10.2 Å². The van der Waals surface area contributed by atoms with Crippen molar-refractivity contribution in [2.75, 3.05) is 0 Å². The van der Waals surface area contributed by atoms with Gasteiger partial charge >= 0.3 is 0 Å². The Hall–Kier alpha value is -1.84. The van der Waals surface area contributed by atoms with Crippen molar-refractivity contribution in [1.29, 1.82) is 0 Å². The molecule has 4 heteroatoms. The van der Waals surface area contributed by atoms with Gasteiger partial charge in [-0.2, -0.15) is 0 Å². The van der Waals surface area contributed by atoms with Gasteiger partial charge in [-0.3, -0.25) is 9.59 Å². The van der Waals surface area contributed by atoms with Crippen LogP contribution in [0.4, 0.5) is 0 Å². The van der Waals surface area contributed by atoms with Crippen LogP contribution >= 0.6 is 0 Å². The van der Waals surface area contributed by atoms with Crippen LogP contribution < -0.4 is 5.32 Å². The summed E-state index contributed by atoms with van der Waals surface area (Å²) in [4.78, 5) is 27.9. The van der Waals surface area contributed by atoms with Crippen LogP contribution in [0.5, 0.6) is 0 Å². The smallest absolute Gasteiger partial charge is 0.246 e. The monoisotopic (exact) mass is 326 g/mol. The van der Waals surface area contributed by atoms with E-state index in [-0.39, 0.29) is 23.9 Å². The lowest BCUT2D eigenvalue weighted by Crippen LogP contribution is -2.65. The lowest BCUT2D eigenvalue weighted by atomic mass is 9.81. The Morgan fingerprint density at radius 3 is 2.29 bits per heavy atom. The minimum atomic E-state index is -0.291. The first-order chi connectivity index (χ1) is 11.7. The number of carbonyl (C=O) groups excluding carboxylic acids is 2. The summed E-state index contributed by atoms with van der Waals surface area (Å²) in [6, 6.07) is 9.50. The summed E-state index contributed by atoms with van der Waals surface area (Å²) in [5.41, 5.74) is 1.11. The molecule has 2 saturated carbocycles. The average molecular weight is 326 g/mol. The highest BCUT2D eigenvalue weighted by Crippen LogP contribution is 2.38. The highest BCUT2D eigenvalue weighted by atomic mass is 16.2. The highest BCUT2D eigenvalue weighted by Gasteiger charge is 2.48. The van der Waals surface area contributed by atoms with E-state index in [0.717, 1.165) is 31.2 Å².